The van der Waals surface area contributed by atoms with Gasteiger partial charge in [0.1, 0.15) is 0 Å². The fourth-order valence-electron chi connectivity index (χ4n) is 3.15. The van der Waals surface area contributed by atoms with Gasteiger partial charge in [-0.1, -0.05) is 12.1 Å². The molecule has 1 fully saturated rings. The number of amides is 2. The summed E-state index contributed by atoms with van der Waals surface area (Å²) in [7, 11) is -4.03. The number of rotatable bonds is 4. The van der Waals surface area contributed by atoms with Crippen LogP contribution in [0.25, 0.3) is 0 Å². The first-order valence-corrected chi connectivity index (χ1v) is 10.6. The molecular formula is C19H20F3N3O4S. The number of sulfonamides is 1. The zero-order valence-corrected chi connectivity index (χ0v) is 16.5. The molecule has 1 aliphatic rings. The first-order valence-electron chi connectivity index (χ1n) is 9.07. The summed E-state index contributed by atoms with van der Waals surface area (Å²) in [5.41, 5.74) is -0.271. The van der Waals surface area contributed by atoms with Crippen LogP contribution in [0.4, 0.5) is 29.3 Å². The highest BCUT2D eigenvalue weighted by atomic mass is 32.2. The summed E-state index contributed by atoms with van der Waals surface area (Å²) in [4.78, 5) is 12.2. The molecule has 162 valence electrons. The Morgan fingerprint density at radius 3 is 2.50 bits per heavy atom. The van der Waals surface area contributed by atoms with E-state index in [1.807, 2.05) is 0 Å². The van der Waals surface area contributed by atoms with Gasteiger partial charge in [-0.3, -0.25) is 0 Å². The molecule has 0 aromatic heterocycles. The lowest BCUT2D eigenvalue weighted by molar-refractivity contribution is -0.137. The predicted octanol–water partition coefficient (Wildman–Crippen LogP) is 4.24. The Kier molecular flexibility index (Phi) is 6.34. The number of primary sulfonamides is 1. The van der Waals surface area contributed by atoms with Crippen LogP contribution in [0.3, 0.4) is 0 Å². The number of urea groups is 1. The molecule has 7 nitrogen and oxygen atoms in total. The molecule has 0 bridgehead atoms. The van der Waals surface area contributed by atoms with Crippen molar-refractivity contribution < 1.29 is 31.1 Å². The summed E-state index contributed by atoms with van der Waals surface area (Å²) < 4.78 is 67.7. The maximum atomic E-state index is 12.9. The highest BCUT2D eigenvalue weighted by molar-refractivity contribution is 7.89. The monoisotopic (exact) mass is 443 g/mol. The number of nitrogens with two attached hydrogens (primary N) is 1. The number of benzene rings is 2. The van der Waals surface area contributed by atoms with Gasteiger partial charge in [-0.15, -0.1) is 0 Å². The van der Waals surface area contributed by atoms with Crippen molar-refractivity contribution in [3.63, 3.8) is 0 Å². The third kappa shape index (κ3) is 5.49. The Balaban J connectivity index is 1.85. The van der Waals surface area contributed by atoms with Crippen LogP contribution in [0.1, 0.15) is 36.5 Å². The molecule has 1 unspecified atom stereocenters. The SMILES string of the molecule is NS(=O)(=O)c1ccc(C2CCCCO2)c(NC(=O)Nc2cccc(C(F)(F)F)c2)c1. The highest BCUT2D eigenvalue weighted by Crippen LogP contribution is 2.34. The van der Waals surface area contributed by atoms with E-state index < -0.39 is 27.8 Å². The molecule has 0 saturated carbocycles. The van der Waals surface area contributed by atoms with Crippen molar-refractivity contribution in [2.75, 3.05) is 17.2 Å². The lowest BCUT2D eigenvalue weighted by atomic mass is 10.00. The van der Waals surface area contributed by atoms with Crippen molar-refractivity contribution in [1.29, 1.82) is 0 Å². The van der Waals surface area contributed by atoms with E-state index in [1.54, 1.807) is 0 Å². The lowest BCUT2D eigenvalue weighted by Crippen LogP contribution is -2.23. The average molecular weight is 443 g/mol. The van der Waals surface area contributed by atoms with Crippen molar-refractivity contribution in [2.45, 2.75) is 36.4 Å². The van der Waals surface area contributed by atoms with Crippen LogP contribution < -0.4 is 15.8 Å². The molecule has 1 saturated heterocycles. The fraction of sp³-hybridized carbons (Fsp3) is 0.316. The summed E-state index contributed by atoms with van der Waals surface area (Å²) >= 11 is 0. The minimum atomic E-state index is -4.55. The number of nitrogens with one attached hydrogen (secondary N) is 2. The molecule has 3 rings (SSSR count). The van der Waals surface area contributed by atoms with Gasteiger partial charge in [-0.25, -0.2) is 18.4 Å². The quantitative estimate of drug-likeness (QED) is 0.656. The normalized spacial score (nSPS) is 17.4. The van der Waals surface area contributed by atoms with Crippen LogP contribution in [-0.4, -0.2) is 21.1 Å². The second-order valence-corrected chi connectivity index (χ2v) is 8.37. The molecular weight excluding hydrogens is 423 g/mol. The van der Waals surface area contributed by atoms with Gasteiger partial charge in [0, 0.05) is 23.5 Å². The number of anilines is 2. The minimum Gasteiger partial charge on any atom is -0.373 e. The van der Waals surface area contributed by atoms with Gasteiger partial charge in [0.25, 0.3) is 0 Å². The van der Waals surface area contributed by atoms with E-state index in [1.165, 1.54) is 30.3 Å². The average Bonchev–Trinajstić information content (AvgIpc) is 2.67. The van der Waals surface area contributed by atoms with Gasteiger partial charge in [0.2, 0.25) is 10.0 Å². The Bertz CT molecular complexity index is 1040. The van der Waals surface area contributed by atoms with E-state index in [-0.39, 0.29) is 22.4 Å². The second-order valence-electron chi connectivity index (χ2n) is 6.81. The van der Waals surface area contributed by atoms with E-state index >= 15 is 0 Å². The molecule has 2 amide bonds. The van der Waals surface area contributed by atoms with Crippen LogP contribution >= 0.6 is 0 Å². The molecule has 0 spiro atoms. The largest absolute Gasteiger partial charge is 0.416 e. The Labute approximate surface area is 171 Å². The number of hydrogen-bond donors (Lipinski definition) is 3. The maximum absolute atomic E-state index is 12.9. The van der Waals surface area contributed by atoms with Gasteiger partial charge >= 0.3 is 12.2 Å². The molecule has 0 aliphatic carbocycles. The van der Waals surface area contributed by atoms with Crippen LogP contribution in [0.2, 0.25) is 0 Å². The first kappa shape index (κ1) is 22.1. The second kappa shape index (κ2) is 8.62. The van der Waals surface area contributed by atoms with Crippen LogP contribution in [0, 0.1) is 0 Å². The molecule has 2 aromatic carbocycles. The predicted molar refractivity (Wildman–Crippen MR) is 104 cm³/mol. The first-order chi connectivity index (χ1) is 14.0. The maximum Gasteiger partial charge on any atom is 0.416 e. The van der Waals surface area contributed by atoms with E-state index in [2.05, 4.69) is 10.6 Å². The van der Waals surface area contributed by atoms with Gasteiger partial charge in [-0.05, 0) is 49.6 Å². The van der Waals surface area contributed by atoms with E-state index in [0.717, 1.165) is 25.0 Å². The number of ether oxygens (including phenoxy) is 1. The molecule has 4 N–H and O–H groups in total. The van der Waals surface area contributed by atoms with Crippen molar-refractivity contribution >= 4 is 27.4 Å². The lowest BCUT2D eigenvalue weighted by Gasteiger charge is -2.25. The van der Waals surface area contributed by atoms with E-state index in [0.29, 0.717) is 18.6 Å². The molecule has 1 heterocycles. The molecule has 1 aliphatic heterocycles. The van der Waals surface area contributed by atoms with Gasteiger partial charge in [0.15, 0.2) is 0 Å². The van der Waals surface area contributed by atoms with Crippen LogP contribution in [0.15, 0.2) is 47.4 Å². The summed E-state index contributed by atoms with van der Waals surface area (Å²) in [5, 5.41) is 9.99. The molecule has 0 radical (unpaired) electrons. The van der Waals surface area contributed by atoms with Gasteiger partial charge in [-0.2, -0.15) is 13.2 Å². The summed E-state index contributed by atoms with van der Waals surface area (Å²) in [6, 6.07) is 7.35. The third-order valence-electron chi connectivity index (χ3n) is 4.58. The number of halogens is 3. The Hall–Kier alpha value is -2.63. The van der Waals surface area contributed by atoms with Crippen molar-refractivity contribution in [3.8, 4) is 0 Å². The van der Waals surface area contributed by atoms with Crippen molar-refractivity contribution in [2.24, 2.45) is 5.14 Å². The fourth-order valence-corrected chi connectivity index (χ4v) is 3.69. The number of alkyl halides is 3. The molecule has 2 aromatic rings. The molecule has 1 atom stereocenters. The van der Waals surface area contributed by atoms with Crippen molar-refractivity contribution in [1.82, 2.24) is 0 Å². The van der Waals surface area contributed by atoms with Gasteiger partial charge < -0.3 is 15.4 Å². The minimum absolute atomic E-state index is 0.0691. The number of carbonyl (C=O) groups is 1. The summed E-state index contributed by atoms with van der Waals surface area (Å²) in [6.07, 6.45) is -2.43. The zero-order valence-electron chi connectivity index (χ0n) is 15.7. The van der Waals surface area contributed by atoms with Gasteiger partial charge in [0.05, 0.1) is 16.6 Å². The Morgan fingerprint density at radius 2 is 1.87 bits per heavy atom. The smallest absolute Gasteiger partial charge is 0.373 e. The summed E-state index contributed by atoms with van der Waals surface area (Å²) in [6.45, 7) is 0.525. The topological polar surface area (TPSA) is 111 Å². The third-order valence-corrected chi connectivity index (χ3v) is 5.49. The molecule has 11 heteroatoms. The van der Waals surface area contributed by atoms with E-state index in [4.69, 9.17) is 9.88 Å². The highest BCUT2D eigenvalue weighted by Gasteiger charge is 2.30. The Morgan fingerprint density at radius 1 is 1.10 bits per heavy atom. The van der Waals surface area contributed by atoms with Crippen LogP contribution in [0.5, 0.6) is 0 Å². The zero-order chi connectivity index (χ0) is 21.9. The molecule has 30 heavy (non-hydrogen) atoms. The number of carbonyl (C=O) groups excluding carboxylic acids is 1. The number of hydrogen-bond acceptors (Lipinski definition) is 4. The van der Waals surface area contributed by atoms with E-state index in [9.17, 15) is 26.4 Å². The van der Waals surface area contributed by atoms with Crippen molar-refractivity contribution in [3.05, 3.63) is 53.6 Å². The standard InChI is InChI=1S/C19H20F3N3O4S/c20-19(21,22)12-4-3-5-13(10-12)24-18(26)25-16-11-14(30(23,27)28)7-8-15(16)17-6-1-2-9-29-17/h3-5,7-8,10-11,17H,1-2,6,9H2,(H2,23,27,28)(H2,24,25,26). The van der Waals surface area contributed by atoms with Crippen LogP contribution in [-0.2, 0) is 20.9 Å². The summed E-state index contributed by atoms with van der Waals surface area (Å²) in [5.74, 6) is 0.